The second-order valence-corrected chi connectivity index (χ2v) is 9.78. The number of alkyl halides is 2. The van der Waals surface area contributed by atoms with Gasteiger partial charge in [0.05, 0.1) is 5.69 Å². The van der Waals surface area contributed by atoms with Crippen molar-refractivity contribution >= 4 is 81.1 Å². The number of hydrogen-bond donors (Lipinski definition) is 0. The molecule has 0 unspecified atom stereocenters. The lowest BCUT2D eigenvalue weighted by molar-refractivity contribution is -0.116. The van der Waals surface area contributed by atoms with Crippen molar-refractivity contribution in [3.8, 4) is 0 Å². The standard InChI is InChI=1S/C12H9Br4NO2/c1-6(18)17-3-2-12(15,16)11(19)8-4-7(13)5-9(14)10(8)17/h4-5H,2-3H2,1H3. The number of hydrogen-bond acceptors (Lipinski definition) is 2. The van der Waals surface area contributed by atoms with Gasteiger partial charge in [0.25, 0.3) is 0 Å². The molecule has 0 fully saturated rings. The van der Waals surface area contributed by atoms with Gasteiger partial charge in [-0.25, -0.2) is 0 Å². The molecule has 19 heavy (non-hydrogen) atoms. The van der Waals surface area contributed by atoms with Gasteiger partial charge in [0, 0.05) is 28.0 Å². The van der Waals surface area contributed by atoms with Crippen LogP contribution in [-0.4, -0.2) is 21.5 Å². The number of benzene rings is 1. The van der Waals surface area contributed by atoms with Crippen LogP contribution in [0.4, 0.5) is 5.69 Å². The van der Waals surface area contributed by atoms with Crippen LogP contribution in [-0.2, 0) is 4.79 Å². The van der Waals surface area contributed by atoms with Crippen molar-refractivity contribution in [2.24, 2.45) is 0 Å². The SMILES string of the molecule is CC(=O)N1CCC(Br)(Br)C(=O)c2cc(Br)cc(Br)c21. The maximum atomic E-state index is 12.6. The van der Waals surface area contributed by atoms with Crippen molar-refractivity contribution < 1.29 is 9.59 Å². The van der Waals surface area contributed by atoms with Gasteiger partial charge < -0.3 is 4.90 Å². The molecule has 1 amide bonds. The lowest BCUT2D eigenvalue weighted by Crippen LogP contribution is -2.31. The summed E-state index contributed by atoms with van der Waals surface area (Å²) < 4.78 is 0.671. The van der Waals surface area contributed by atoms with Gasteiger partial charge in [0.1, 0.15) is 3.23 Å². The molecule has 1 heterocycles. The summed E-state index contributed by atoms with van der Waals surface area (Å²) in [7, 11) is 0. The molecule has 0 spiro atoms. The van der Waals surface area contributed by atoms with Crippen LogP contribution < -0.4 is 4.90 Å². The molecule has 2 rings (SSSR count). The highest BCUT2D eigenvalue weighted by atomic mass is 79.9. The Morgan fingerprint density at radius 2 is 1.95 bits per heavy atom. The van der Waals surface area contributed by atoms with Crippen molar-refractivity contribution in [1.29, 1.82) is 0 Å². The van der Waals surface area contributed by atoms with Crippen LogP contribution in [0, 0.1) is 0 Å². The maximum Gasteiger partial charge on any atom is 0.223 e. The first kappa shape index (κ1) is 15.7. The lowest BCUT2D eigenvalue weighted by atomic mass is 10.1. The van der Waals surface area contributed by atoms with Crippen LogP contribution in [0.25, 0.3) is 0 Å². The summed E-state index contributed by atoms with van der Waals surface area (Å²) in [4.78, 5) is 26.0. The average molecular weight is 519 g/mol. The van der Waals surface area contributed by atoms with E-state index in [2.05, 4.69) is 63.7 Å². The number of ketones is 1. The minimum Gasteiger partial charge on any atom is -0.311 e. The highest BCUT2D eigenvalue weighted by Gasteiger charge is 2.40. The molecular formula is C12H9Br4NO2. The van der Waals surface area contributed by atoms with E-state index in [1.165, 1.54) is 6.92 Å². The van der Waals surface area contributed by atoms with Gasteiger partial charge in [-0.1, -0.05) is 47.8 Å². The van der Waals surface area contributed by atoms with Crippen molar-refractivity contribution in [2.75, 3.05) is 11.4 Å². The third-order valence-corrected chi connectivity index (χ3v) is 5.48. The molecule has 0 saturated carbocycles. The van der Waals surface area contributed by atoms with E-state index in [4.69, 9.17) is 0 Å². The maximum absolute atomic E-state index is 12.6. The molecule has 0 radical (unpaired) electrons. The number of halogens is 4. The van der Waals surface area contributed by atoms with Crippen molar-refractivity contribution in [2.45, 2.75) is 16.6 Å². The molecule has 102 valence electrons. The molecule has 0 N–H and O–H groups in total. The summed E-state index contributed by atoms with van der Waals surface area (Å²) in [5.74, 6) is -0.178. The predicted octanol–water partition coefficient (Wildman–Crippen LogP) is 4.64. The Morgan fingerprint density at radius 1 is 1.32 bits per heavy atom. The first-order chi connectivity index (χ1) is 8.74. The summed E-state index contributed by atoms with van der Waals surface area (Å²) in [6.07, 6.45) is 0.490. The monoisotopic (exact) mass is 515 g/mol. The van der Waals surface area contributed by atoms with Gasteiger partial charge in [0.2, 0.25) is 5.91 Å². The Labute approximate surface area is 144 Å². The van der Waals surface area contributed by atoms with E-state index >= 15 is 0 Å². The summed E-state index contributed by atoms with van der Waals surface area (Å²) in [6, 6.07) is 3.57. The van der Waals surface area contributed by atoms with E-state index in [1.807, 2.05) is 6.07 Å². The van der Waals surface area contributed by atoms with Crippen LogP contribution >= 0.6 is 63.7 Å². The molecule has 0 aromatic heterocycles. The molecule has 1 aliphatic rings. The zero-order valence-corrected chi connectivity index (χ0v) is 16.2. The second-order valence-electron chi connectivity index (χ2n) is 4.24. The topological polar surface area (TPSA) is 37.4 Å². The molecule has 0 aliphatic carbocycles. The Morgan fingerprint density at radius 3 is 2.53 bits per heavy atom. The molecule has 0 bridgehead atoms. The lowest BCUT2D eigenvalue weighted by Gasteiger charge is -2.22. The first-order valence-electron chi connectivity index (χ1n) is 5.44. The van der Waals surface area contributed by atoms with E-state index < -0.39 is 3.23 Å². The van der Waals surface area contributed by atoms with Crippen molar-refractivity contribution in [3.05, 3.63) is 26.6 Å². The van der Waals surface area contributed by atoms with Crippen molar-refractivity contribution in [3.63, 3.8) is 0 Å². The quantitative estimate of drug-likeness (QED) is 0.470. The molecular weight excluding hydrogens is 510 g/mol. The molecule has 1 aromatic rings. The number of rotatable bonds is 0. The minimum atomic E-state index is -0.834. The van der Waals surface area contributed by atoms with Gasteiger partial charge in [-0.3, -0.25) is 9.59 Å². The van der Waals surface area contributed by atoms with Gasteiger partial charge in [-0.2, -0.15) is 0 Å². The largest absolute Gasteiger partial charge is 0.311 e. The Bertz CT molecular complexity index is 571. The van der Waals surface area contributed by atoms with E-state index in [1.54, 1.807) is 11.0 Å². The predicted molar refractivity (Wildman–Crippen MR) is 89.4 cm³/mol. The van der Waals surface area contributed by atoms with Gasteiger partial charge in [0.15, 0.2) is 5.78 Å². The van der Waals surface area contributed by atoms with E-state index in [0.717, 1.165) is 8.95 Å². The molecule has 0 atom stereocenters. The zero-order chi connectivity index (χ0) is 14.4. The smallest absolute Gasteiger partial charge is 0.223 e. The second kappa shape index (κ2) is 5.58. The molecule has 1 aliphatic heterocycles. The van der Waals surface area contributed by atoms with Gasteiger partial charge in [-0.15, -0.1) is 0 Å². The molecule has 1 aromatic carbocycles. The van der Waals surface area contributed by atoms with Crippen LogP contribution in [0.5, 0.6) is 0 Å². The Balaban J connectivity index is 2.73. The van der Waals surface area contributed by atoms with Crippen LogP contribution in [0.3, 0.4) is 0 Å². The fourth-order valence-electron chi connectivity index (χ4n) is 2.00. The summed E-state index contributed by atoms with van der Waals surface area (Å²) in [5, 5.41) is 0. The van der Waals surface area contributed by atoms with Crippen LogP contribution in [0.15, 0.2) is 21.1 Å². The summed E-state index contributed by atoms with van der Waals surface area (Å²) in [6.45, 7) is 1.96. The highest BCUT2D eigenvalue weighted by Crippen LogP contribution is 2.44. The average Bonchev–Trinajstić information content (AvgIpc) is 2.38. The third-order valence-electron chi connectivity index (χ3n) is 2.90. The van der Waals surface area contributed by atoms with Crippen molar-refractivity contribution in [1.82, 2.24) is 0 Å². The number of Topliss-reactive ketones (excluding diaryl/α,β-unsaturated/α-hetero) is 1. The van der Waals surface area contributed by atoms with E-state index in [0.29, 0.717) is 24.2 Å². The zero-order valence-electron chi connectivity index (χ0n) is 9.84. The minimum absolute atomic E-state index is 0.0882. The number of anilines is 1. The highest BCUT2D eigenvalue weighted by molar-refractivity contribution is 9.26. The molecule has 0 saturated heterocycles. The normalized spacial score (nSPS) is 17.9. The van der Waals surface area contributed by atoms with Crippen LogP contribution in [0.1, 0.15) is 23.7 Å². The van der Waals surface area contributed by atoms with Crippen LogP contribution in [0.2, 0.25) is 0 Å². The number of carbonyl (C=O) groups excluding carboxylic acids is 2. The Kier molecular flexibility index (Phi) is 4.60. The fraction of sp³-hybridized carbons (Fsp3) is 0.333. The Hall–Kier alpha value is 0.280. The first-order valence-corrected chi connectivity index (χ1v) is 8.61. The fourth-order valence-corrected chi connectivity index (χ4v) is 4.22. The molecule has 7 heteroatoms. The number of carbonyl (C=O) groups is 2. The van der Waals surface area contributed by atoms with Gasteiger partial charge in [-0.05, 0) is 34.5 Å². The van der Waals surface area contributed by atoms with E-state index in [-0.39, 0.29) is 11.7 Å². The number of amides is 1. The molecule has 3 nitrogen and oxygen atoms in total. The third kappa shape index (κ3) is 2.99. The van der Waals surface area contributed by atoms with Gasteiger partial charge >= 0.3 is 0 Å². The summed E-state index contributed by atoms with van der Waals surface area (Å²) in [5.41, 5.74) is 1.13. The number of fused-ring (bicyclic) bond motifs is 1. The van der Waals surface area contributed by atoms with E-state index in [9.17, 15) is 9.59 Å². The summed E-state index contributed by atoms with van der Waals surface area (Å²) >= 11 is 13.6. The number of nitrogens with zero attached hydrogens (tertiary/aromatic N) is 1.